The highest BCUT2D eigenvalue weighted by molar-refractivity contribution is 5.97. The lowest BCUT2D eigenvalue weighted by molar-refractivity contribution is -0.128. The number of benzene rings is 2. The summed E-state index contributed by atoms with van der Waals surface area (Å²) in [5.41, 5.74) is 4.72. The second-order valence-electron chi connectivity index (χ2n) is 12.1. The van der Waals surface area contributed by atoms with E-state index in [1.54, 1.807) is 4.90 Å². The molecular formula is C33H36N6O3. The van der Waals surface area contributed by atoms with Crippen molar-refractivity contribution < 1.29 is 14.3 Å². The second-order valence-corrected chi connectivity index (χ2v) is 12.1. The average molecular weight is 565 g/mol. The van der Waals surface area contributed by atoms with Crippen LogP contribution in [0, 0.1) is 24.2 Å². The quantitative estimate of drug-likeness (QED) is 0.395. The maximum atomic E-state index is 12.6. The molecule has 1 atom stereocenters. The van der Waals surface area contributed by atoms with Crippen molar-refractivity contribution in [3.05, 3.63) is 65.9 Å². The number of carbonyl (C=O) groups is 1. The molecule has 9 heteroatoms. The molecule has 2 aromatic carbocycles. The minimum atomic E-state index is -0.231. The van der Waals surface area contributed by atoms with Gasteiger partial charge in [-0.3, -0.25) is 4.79 Å². The fourth-order valence-electron chi connectivity index (χ4n) is 6.85. The van der Waals surface area contributed by atoms with Crippen LogP contribution in [0.1, 0.15) is 36.1 Å². The van der Waals surface area contributed by atoms with E-state index < -0.39 is 0 Å². The standard InChI is InChI=1S/C33H36N6O3/c1-3-29(40)38-15-14-37(17-25(38)10-13-34)31-26-16-33(11-12-33)39(28-9-5-8-24-7-4-6-22(2)30(24)28)18-27(26)35-32(36-31)42-21-23-19-41-20-23/h3-9,23,25H,1,10-12,14-21H2,2H3/t25-/m0/s1. The molecule has 1 amide bonds. The number of carbonyl (C=O) groups excluding carboxylic acids is 1. The first-order valence-electron chi connectivity index (χ1n) is 14.9. The molecule has 1 aromatic heterocycles. The molecule has 1 spiro atoms. The summed E-state index contributed by atoms with van der Waals surface area (Å²) in [5.74, 6) is 1.10. The lowest BCUT2D eigenvalue weighted by Gasteiger charge is -2.44. The van der Waals surface area contributed by atoms with Crippen molar-refractivity contribution in [2.75, 3.05) is 49.3 Å². The average Bonchev–Trinajstić information content (AvgIpc) is 3.75. The van der Waals surface area contributed by atoms with E-state index in [-0.39, 0.29) is 23.9 Å². The lowest BCUT2D eigenvalue weighted by atomic mass is 9.92. The Hall–Kier alpha value is -4.16. The Kier molecular flexibility index (Phi) is 6.74. The fourth-order valence-corrected chi connectivity index (χ4v) is 6.85. The number of amides is 1. The van der Waals surface area contributed by atoms with Gasteiger partial charge in [0.05, 0.1) is 50.6 Å². The summed E-state index contributed by atoms with van der Waals surface area (Å²) in [4.78, 5) is 29.2. The van der Waals surface area contributed by atoms with Gasteiger partial charge < -0.3 is 24.2 Å². The van der Waals surface area contributed by atoms with Gasteiger partial charge in [-0.1, -0.05) is 36.9 Å². The van der Waals surface area contributed by atoms with Crippen LogP contribution in [0.3, 0.4) is 0 Å². The fraction of sp³-hybridized carbons (Fsp3) is 0.455. The topological polar surface area (TPSA) is 94.8 Å². The van der Waals surface area contributed by atoms with E-state index in [2.05, 4.69) is 65.8 Å². The van der Waals surface area contributed by atoms with Gasteiger partial charge in [-0.15, -0.1) is 0 Å². The number of hydrogen-bond acceptors (Lipinski definition) is 8. The Morgan fingerprint density at radius 3 is 2.74 bits per heavy atom. The van der Waals surface area contributed by atoms with Crippen LogP contribution in [0.5, 0.6) is 6.01 Å². The summed E-state index contributed by atoms with van der Waals surface area (Å²) < 4.78 is 11.5. The van der Waals surface area contributed by atoms with Crippen LogP contribution in [-0.4, -0.2) is 71.8 Å². The van der Waals surface area contributed by atoms with Crippen molar-refractivity contribution in [3.63, 3.8) is 0 Å². The van der Waals surface area contributed by atoms with Crippen LogP contribution < -0.4 is 14.5 Å². The van der Waals surface area contributed by atoms with Crippen molar-refractivity contribution in [1.82, 2.24) is 14.9 Å². The van der Waals surface area contributed by atoms with Gasteiger partial charge in [-0.2, -0.15) is 15.2 Å². The third-order valence-corrected chi connectivity index (χ3v) is 9.37. The third kappa shape index (κ3) is 4.64. The molecule has 4 aliphatic rings. The summed E-state index contributed by atoms with van der Waals surface area (Å²) in [5, 5.41) is 12.1. The molecule has 1 saturated carbocycles. The number of anilines is 2. The first kappa shape index (κ1) is 26.7. The molecule has 3 aromatic rings. The van der Waals surface area contributed by atoms with Crippen molar-refractivity contribution in [2.45, 2.75) is 50.7 Å². The largest absolute Gasteiger partial charge is 0.463 e. The monoisotopic (exact) mass is 564 g/mol. The minimum absolute atomic E-state index is 0.0278. The first-order chi connectivity index (χ1) is 20.5. The van der Waals surface area contributed by atoms with E-state index in [9.17, 15) is 10.1 Å². The highest BCUT2D eigenvalue weighted by Crippen LogP contribution is 2.53. The molecule has 3 fully saturated rings. The van der Waals surface area contributed by atoms with Crippen LogP contribution in [0.15, 0.2) is 49.1 Å². The zero-order valence-corrected chi connectivity index (χ0v) is 24.1. The van der Waals surface area contributed by atoms with E-state index in [1.165, 1.54) is 33.7 Å². The lowest BCUT2D eigenvalue weighted by Crippen LogP contribution is -2.55. The molecule has 216 valence electrons. The highest BCUT2D eigenvalue weighted by Gasteiger charge is 2.52. The van der Waals surface area contributed by atoms with Gasteiger partial charge in [0.15, 0.2) is 0 Å². The SMILES string of the molecule is C=CC(=O)N1CCN(c2nc(OCC3COC3)nc3c2CC2(CC2)N(c2cccc4cccc(C)c24)C3)C[C@@H]1CC#N. The maximum Gasteiger partial charge on any atom is 0.318 e. The summed E-state index contributed by atoms with van der Waals surface area (Å²) in [6, 6.07) is 15.5. The van der Waals surface area contributed by atoms with Crippen molar-refractivity contribution >= 4 is 28.2 Å². The van der Waals surface area contributed by atoms with E-state index in [1.807, 2.05) is 0 Å². The Balaban J connectivity index is 1.28. The van der Waals surface area contributed by atoms with Crippen molar-refractivity contribution in [1.29, 1.82) is 5.26 Å². The van der Waals surface area contributed by atoms with Crippen LogP contribution in [-0.2, 0) is 22.5 Å². The zero-order chi connectivity index (χ0) is 28.8. The smallest absolute Gasteiger partial charge is 0.318 e. The van der Waals surface area contributed by atoms with Gasteiger partial charge in [0, 0.05) is 54.1 Å². The Morgan fingerprint density at radius 1 is 1.21 bits per heavy atom. The second kappa shape index (κ2) is 10.6. The summed E-state index contributed by atoms with van der Waals surface area (Å²) in [6.07, 6.45) is 4.68. The minimum Gasteiger partial charge on any atom is -0.463 e. The molecular weight excluding hydrogens is 528 g/mol. The molecule has 1 aliphatic carbocycles. The number of ether oxygens (including phenoxy) is 2. The number of nitrogens with zero attached hydrogens (tertiary/aromatic N) is 6. The number of piperazine rings is 1. The van der Waals surface area contributed by atoms with Gasteiger partial charge in [0.25, 0.3) is 0 Å². The molecule has 2 saturated heterocycles. The molecule has 42 heavy (non-hydrogen) atoms. The number of nitriles is 1. The molecule has 3 aliphatic heterocycles. The van der Waals surface area contributed by atoms with Crippen molar-refractivity contribution in [2.24, 2.45) is 5.92 Å². The van der Waals surface area contributed by atoms with E-state index >= 15 is 0 Å². The van der Waals surface area contributed by atoms with Gasteiger partial charge in [0.2, 0.25) is 5.91 Å². The normalized spacial score (nSPS) is 21.0. The summed E-state index contributed by atoms with van der Waals surface area (Å²) >= 11 is 0. The molecule has 0 bridgehead atoms. The maximum absolute atomic E-state index is 12.6. The number of rotatable bonds is 7. The molecule has 9 nitrogen and oxygen atoms in total. The number of hydrogen-bond donors (Lipinski definition) is 0. The zero-order valence-electron chi connectivity index (χ0n) is 24.1. The highest BCUT2D eigenvalue weighted by atomic mass is 16.5. The summed E-state index contributed by atoms with van der Waals surface area (Å²) in [6.45, 7) is 10.1. The van der Waals surface area contributed by atoms with E-state index in [0.29, 0.717) is 57.9 Å². The predicted molar refractivity (Wildman–Crippen MR) is 161 cm³/mol. The van der Waals surface area contributed by atoms with Crippen LogP contribution in [0.2, 0.25) is 0 Å². The first-order valence-corrected chi connectivity index (χ1v) is 14.9. The van der Waals surface area contributed by atoms with Gasteiger partial charge in [-0.25, -0.2) is 0 Å². The Bertz CT molecular complexity index is 1590. The molecule has 0 unspecified atom stereocenters. The van der Waals surface area contributed by atoms with Gasteiger partial charge >= 0.3 is 6.01 Å². The van der Waals surface area contributed by atoms with Crippen LogP contribution in [0.4, 0.5) is 11.5 Å². The Labute approximate surface area is 246 Å². The van der Waals surface area contributed by atoms with Gasteiger partial charge in [-0.05, 0) is 42.9 Å². The van der Waals surface area contributed by atoms with Crippen molar-refractivity contribution in [3.8, 4) is 12.1 Å². The third-order valence-electron chi connectivity index (χ3n) is 9.37. The molecule has 4 heterocycles. The van der Waals surface area contributed by atoms with E-state index in [4.69, 9.17) is 19.4 Å². The number of fused-ring (bicyclic) bond motifs is 2. The Morgan fingerprint density at radius 2 is 2.02 bits per heavy atom. The van der Waals surface area contributed by atoms with Crippen LogP contribution >= 0.6 is 0 Å². The predicted octanol–water partition coefficient (Wildman–Crippen LogP) is 4.18. The molecule has 7 rings (SSSR count). The van der Waals surface area contributed by atoms with E-state index in [0.717, 1.165) is 30.8 Å². The number of aryl methyl sites for hydroxylation is 1. The number of aromatic nitrogens is 2. The molecule has 0 N–H and O–H groups in total. The summed E-state index contributed by atoms with van der Waals surface area (Å²) in [7, 11) is 0. The molecule has 0 radical (unpaired) electrons. The van der Waals surface area contributed by atoms with Gasteiger partial charge in [0.1, 0.15) is 5.82 Å². The van der Waals surface area contributed by atoms with Crippen LogP contribution in [0.25, 0.3) is 10.8 Å².